The zero-order chi connectivity index (χ0) is 14.3. The lowest BCUT2D eigenvalue weighted by Crippen LogP contribution is -2.26. The van der Waals surface area contributed by atoms with E-state index >= 15 is 0 Å². The van der Waals surface area contributed by atoms with Gasteiger partial charge in [0.25, 0.3) is 0 Å². The van der Waals surface area contributed by atoms with Gasteiger partial charge in [-0.15, -0.1) is 0 Å². The maximum Gasteiger partial charge on any atom is 0.122 e. The van der Waals surface area contributed by atoms with Crippen molar-refractivity contribution in [2.75, 3.05) is 19.6 Å². The molecule has 1 saturated heterocycles. The first-order valence-electron chi connectivity index (χ1n) is 7.58. The van der Waals surface area contributed by atoms with Crippen molar-refractivity contribution < 1.29 is 4.74 Å². The second-order valence-corrected chi connectivity index (χ2v) is 5.47. The molecule has 3 heterocycles. The molecule has 110 valence electrons. The molecule has 2 aromatic heterocycles. The number of pyridine rings is 2. The summed E-state index contributed by atoms with van der Waals surface area (Å²) < 4.78 is 5.98. The van der Waals surface area contributed by atoms with Crippen LogP contribution in [0, 0.1) is 0 Å². The quantitative estimate of drug-likeness (QED) is 0.816. The average molecular weight is 283 g/mol. The van der Waals surface area contributed by atoms with Crippen molar-refractivity contribution in [3.8, 4) is 5.75 Å². The minimum Gasteiger partial charge on any atom is -0.489 e. The van der Waals surface area contributed by atoms with E-state index in [0.29, 0.717) is 6.10 Å². The van der Waals surface area contributed by atoms with E-state index in [1.165, 1.54) is 12.0 Å². The Hall–Kier alpha value is -1.94. The molecule has 0 spiro atoms. The van der Waals surface area contributed by atoms with Crippen molar-refractivity contribution in [3.63, 3.8) is 0 Å². The fraction of sp³-hybridized carbons (Fsp3) is 0.412. The molecule has 0 aliphatic carbocycles. The standard InChI is InChI=1S/C17H21N3O/c1(2-15-3-8-18-9-4-15)12-20-13-7-17(14-20)21-16-5-10-19-11-6-16/h3-6,8-11,17H,1-2,7,12-14H2/t17-/m1/s1. The molecule has 0 radical (unpaired) electrons. The molecule has 3 rings (SSSR count). The third-order valence-corrected chi connectivity index (χ3v) is 3.87. The zero-order valence-electron chi connectivity index (χ0n) is 12.2. The van der Waals surface area contributed by atoms with Crippen LogP contribution in [0.5, 0.6) is 5.75 Å². The number of hydrogen-bond donors (Lipinski definition) is 0. The number of aryl methyl sites for hydroxylation is 1. The number of hydrogen-bond acceptors (Lipinski definition) is 4. The Bertz CT molecular complexity index is 532. The first-order chi connectivity index (χ1) is 10.4. The number of aromatic nitrogens is 2. The summed E-state index contributed by atoms with van der Waals surface area (Å²) in [6.07, 6.45) is 11.0. The van der Waals surface area contributed by atoms with Gasteiger partial charge in [0.05, 0.1) is 0 Å². The van der Waals surface area contributed by atoms with Crippen LogP contribution in [0.3, 0.4) is 0 Å². The summed E-state index contributed by atoms with van der Waals surface area (Å²) in [6.45, 7) is 3.29. The van der Waals surface area contributed by atoms with Gasteiger partial charge in [-0.1, -0.05) is 0 Å². The number of likely N-dealkylation sites (tertiary alicyclic amines) is 1. The van der Waals surface area contributed by atoms with Gasteiger partial charge in [-0.25, -0.2) is 0 Å². The minimum atomic E-state index is 0.313. The molecule has 0 unspecified atom stereocenters. The summed E-state index contributed by atoms with van der Waals surface area (Å²) >= 11 is 0. The van der Waals surface area contributed by atoms with E-state index in [1.54, 1.807) is 12.4 Å². The van der Waals surface area contributed by atoms with Crippen LogP contribution in [0.2, 0.25) is 0 Å². The molecule has 0 amide bonds. The van der Waals surface area contributed by atoms with Gasteiger partial charge in [0.2, 0.25) is 0 Å². The Balaban J connectivity index is 1.39. The molecule has 0 N–H and O–H groups in total. The Morgan fingerprint density at radius 1 is 1.05 bits per heavy atom. The lowest BCUT2D eigenvalue weighted by Gasteiger charge is -2.16. The maximum atomic E-state index is 5.98. The zero-order valence-corrected chi connectivity index (χ0v) is 12.2. The summed E-state index contributed by atoms with van der Waals surface area (Å²) in [7, 11) is 0. The third kappa shape index (κ3) is 4.26. The van der Waals surface area contributed by atoms with Gasteiger partial charge in [0.1, 0.15) is 11.9 Å². The van der Waals surface area contributed by atoms with Gasteiger partial charge >= 0.3 is 0 Å². The molecule has 1 atom stereocenters. The summed E-state index contributed by atoms with van der Waals surface area (Å²) in [5.74, 6) is 0.925. The van der Waals surface area contributed by atoms with Crippen LogP contribution >= 0.6 is 0 Å². The minimum absolute atomic E-state index is 0.313. The van der Waals surface area contributed by atoms with Crippen molar-refractivity contribution in [2.45, 2.75) is 25.4 Å². The largest absolute Gasteiger partial charge is 0.489 e. The van der Waals surface area contributed by atoms with Crippen LogP contribution in [0.25, 0.3) is 0 Å². The third-order valence-electron chi connectivity index (χ3n) is 3.87. The smallest absolute Gasteiger partial charge is 0.122 e. The molecule has 1 aliphatic rings. The molecular formula is C17H21N3O. The Kier molecular flexibility index (Phi) is 4.79. The van der Waals surface area contributed by atoms with Gasteiger partial charge in [0.15, 0.2) is 0 Å². The SMILES string of the molecule is c1cc(CCCN2CC[C@@H](Oc3ccncc3)C2)ccn1. The lowest BCUT2D eigenvalue weighted by atomic mass is 10.1. The molecule has 21 heavy (non-hydrogen) atoms. The van der Waals surface area contributed by atoms with Crippen LogP contribution < -0.4 is 4.74 Å². The summed E-state index contributed by atoms with van der Waals surface area (Å²) in [5.41, 5.74) is 1.37. The highest BCUT2D eigenvalue weighted by molar-refractivity contribution is 5.17. The van der Waals surface area contributed by atoms with Crippen LogP contribution in [0.15, 0.2) is 49.1 Å². The first kappa shape index (κ1) is 14.0. The number of nitrogens with zero attached hydrogens (tertiary/aromatic N) is 3. The summed E-state index contributed by atoms with van der Waals surface area (Å²) in [6, 6.07) is 8.04. The lowest BCUT2D eigenvalue weighted by molar-refractivity contribution is 0.199. The molecular weight excluding hydrogens is 262 g/mol. The Morgan fingerprint density at radius 2 is 1.76 bits per heavy atom. The van der Waals surface area contributed by atoms with Crippen molar-refractivity contribution in [1.82, 2.24) is 14.9 Å². The van der Waals surface area contributed by atoms with Crippen molar-refractivity contribution in [1.29, 1.82) is 0 Å². The van der Waals surface area contributed by atoms with E-state index in [2.05, 4.69) is 27.0 Å². The van der Waals surface area contributed by atoms with Gasteiger partial charge < -0.3 is 4.74 Å². The molecule has 0 bridgehead atoms. The summed E-state index contributed by atoms with van der Waals surface area (Å²) in [5, 5.41) is 0. The van der Waals surface area contributed by atoms with Gasteiger partial charge in [-0.2, -0.15) is 0 Å². The molecule has 4 heteroatoms. The van der Waals surface area contributed by atoms with Crippen molar-refractivity contribution in [3.05, 3.63) is 54.6 Å². The summed E-state index contributed by atoms with van der Waals surface area (Å²) in [4.78, 5) is 10.6. The van der Waals surface area contributed by atoms with E-state index in [0.717, 1.165) is 38.2 Å². The normalized spacial score (nSPS) is 18.8. The fourth-order valence-electron chi connectivity index (χ4n) is 2.76. The molecule has 0 saturated carbocycles. The van der Waals surface area contributed by atoms with Crippen LogP contribution in [0.1, 0.15) is 18.4 Å². The topological polar surface area (TPSA) is 38.2 Å². The monoisotopic (exact) mass is 283 g/mol. The second-order valence-electron chi connectivity index (χ2n) is 5.47. The van der Waals surface area contributed by atoms with Crippen LogP contribution in [0.4, 0.5) is 0 Å². The highest BCUT2D eigenvalue weighted by Crippen LogP contribution is 2.17. The first-order valence-corrected chi connectivity index (χ1v) is 7.58. The molecule has 2 aromatic rings. The van der Waals surface area contributed by atoms with Crippen LogP contribution in [-0.2, 0) is 6.42 Å². The highest BCUT2D eigenvalue weighted by Gasteiger charge is 2.23. The molecule has 0 aromatic carbocycles. The second kappa shape index (κ2) is 7.18. The molecule has 1 fully saturated rings. The number of rotatable bonds is 6. The molecule has 1 aliphatic heterocycles. The van der Waals surface area contributed by atoms with E-state index in [-0.39, 0.29) is 0 Å². The van der Waals surface area contributed by atoms with Gasteiger partial charge in [-0.3, -0.25) is 14.9 Å². The van der Waals surface area contributed by atoms with E-state index in [1.807, 2.05) is 24.5 Å². The highest BCUT2D eigenvalue weighted by atomic mass is 16.5. The fourth-order valence-corrected chi connectivity index (χ4v) is 2.76. The van der Waals surface area contributed by atoms with Gasteiger partial charge in [-0.05, 0) is 55.6 Å². The van der Waals surface area contributed by atoms with E-state index < -0.39 is 0 Å². The predicted molar refractivity (Wildman–Crippen MR) is 82.3 cm³/mol. The van der Waals surface area contributed by atoms with Gasteiger partial charge in [0, 0.05) is 37.9 Å². The van der Waals surface area contributed by atoms with Crippen molar-refractivity contribution in [2.24, 2.45) is 0 Å². The Morgan fingerprint density at radius 3 is 2.52 bits per heavy atom. The predicted octanol–water partition coefficient (Wildman–Crippen LogP) is 2.56. The maximum absolute atomic E-state index is 5.98. The average Bonchev–Trinajstić information content (AvgIpc) is 2.97. The van der Waals surface area contributed by atoms with E-state index in [4.69, 9.17) is 4.74 Å². The number of ether oxygens (including phenoxy) is 1. The van der Waals surface area contributed by atoms with Crippen LogP contribution in [-0.4, -0.2) is 40.6 Å². The van der Waals surface area contributed by atoms with E-state index in [9.17, 15) is 0 Å². The Labute approximate surface area is 125 Å². The molecule has 4 nitrogen and oxygen atoms in total. The van der Waals surface area contributed by atoms with Crippen molar-refractivity contribution >= 4 is 0 Å².